The maximum absolute atomic E-state index is 13.2. The number of ether oxygens (including phenoxy) is 3. The van der Waals surface area contributed by atoms with Gasteiger partial charge in [-0.2, -0.15) is 0 Å². The predicted molar refractivity (Wildman–Crippen MR) is 141 cm³/mol. The van der Waals surface area contributed by atoms with E-state index >= 15 is 0 Å². The standard InChI is InChI=1S/C26H34AsN3O7/c1-26(2,3)37-25(32)29-12-6-7-18(16-29)27-21-10-9-19(30(33)34)14-20(21)24(31)28-15-17-8-11-22(35-4)23(13-17)36-5/h8-11,13-14,18,27H,6-7,12,15-16H2,1-5H3,(H,28,31). The Morgan fingerprint density at radius 1 is 1.14 bits per heavy atom. The van der Waals surface area contributed by atoms with Gasteiger partial charge in [0.1, 0.15) is 0 Å². The van der Waals surface area contributed by atoms with Crippen molar-refractivity contribution in [1.82, 2.24) is 10.2 Å². The SMILES string of the molecule is COc1ccc(CNC(=O)c2cc([N+](=O)[O-])ccc2[AsH]C2CCCN(C(=O)OC(C)(C)C)C2)cc1OC. The first-order valence-electron chi connectivity index (χ1n) is 12.0. The van der Waals surface area contributed by atoms with E-state index in [4.69, 9.17) is 14.2 Å². The molecule has 0 saturated carbocycles. The summed E-state index contributed by atoms with van der Waals surface area (Å²) in [5.74, 6) is 0.748. The third-order valence-electron chi connectivity index (χ3n) is 5.79. The topological polar surface area (TPSA) is 120 Å². The molecule has 2 aromatic carbocycles. The molecule has 1 aliphatic rings. The van der Waals surface area contributed by atoms with E-state index in [1.165, 1.54) is 19.2 Å². The zero-order chi connectivity index (χ0) is 27.2. The van der Waals surface area contributed by atoms with E-state index in [1.807, 2.05) is 26.8 Å². The number of nitrogens with zero attached hydrogens (tertiary/aromatic N) is 2. The first-order valence-corrected chi connectivity index (χ1v) is 14.3. The number of non-ortho nitro benzene ring substituents is 1. The van der Waals surface area contributed by atoms with Gasteiger partial charge in [0.05, 0.1) is 0 Å². The number of nitrogens with one attached hydrogen (secondary N) is 1. The van der Waals surface area contributed by atoms with E-state index in [2.05, 4.69) is 5.32 Å². The Morgan fingerprint density at radius 3 is 2.51 bits per heavy atom. The number of nitro benzene ring substituents is 1. The van der Waals surface area contributed by atoms with Crippen LogP contribution in [0.25, 0.3) is 0 Å². The molecule has 2 unspecified atom stereocenters. The molecule has 2 aromatic rings. The zero-order valence-electron chi connectivity index (χ0n) is 21.8. The number of carbonyl (C=O) groups excluding carboxylic acids is 2. The number of carbonyl (C=O) groups is 2. The fourth-order valence-electron chi connectivity index (χ4n) is 4.03. The molecule has 200 valence electrons. The molecule has 0 radical (unpaired) electrons. The van der Waals surface area contributed by atoms with Crippen LogP contribution in [0.4, 0.5) is 10.5 Å². The number of methoxy groups -OCH3 is 2. The van der Waals surface area contributed by atoms with Crippen LogP contribution in [0.2, 0.25) is 4.71 Å². The van der Waals surface area contributed by atoms with Gasteiger partial charge in [-0.25, -0.2) is 0 Å². The van der Waals surface area contributed by atoms with Crippen LogP contribution in [0.15, 0.2) is 36.4 Å². The van der Waals surface area contributed by atoms with E-state index in [1.54, 1.807) is 30.2 Å². The maximum atomic E-state index is 13.2. The normalized spacial score (nSPS) is 15.9. The molecule has 1 fully saturated rings. The summed E-state index contributed by atoms with van der Waals surface area (Å²) in [5.41, 5.74) is 0.404. The van der Waals surface area contributed by atoms with Gasteiger partial charge in [-0.05, 0) is 0 Å². The van der Waals surface area contributed by atoms with Crippen molar-refractivity contribution in [2.24, 2.45) is 0 Å². The van der Waals surface area contributed by atoms with Gasteiger partial charge in [0.15, 0.2) is 0 Å². The Morgan fingerprint density at radius 2 is 1.86 bits per heavy atom. The van der Waals surface area contributed by atoms with Gasteiger partial charge >= 0.3 is 224 Å². The summed E-state index contributed by atoms with van der Waals surface area (Å²) >= 11 is -0.888. The third kappa shape index (κ3) is 7.86. The molecule has 2 atom stereocenters. The minimum absolute atomic E-state index is 0.134. The Hall–Kier alpha value is -3.26. The molecular formula is C26H34AsN3O7. The average Bonchev–Trinajstić information content (AvgIpc) is 2.86. The van der Waals surface area contributed by atoms with E-state index in [0.29, 0.717) is 30.2 Å². The number of hydrogen-bond acceptors (Lipinski definition) is 7. The molecule has 0 bridgehead atoms. The molecule has 0 aliphatic carbocycles. The van der Waals surface area contributed by atoms with Crippen LogP contribution < -0.4 is 19.1 Å². The van der Waals surface area contributed by atoms with Crippen LogP contribution in [0.5, 0.6) is 11.5 Å². The second kappa shape index (κ2) is 12.3. The van der Waals surface area contributed by atoms with E-state index < -0.39 is 26.3 Å². The van der Waals surface area contributed by atoms with Gasteiger partial charge in [-0.15, -0.1) is 0 Å². The van der Waals surface area contributed by atoms with Crippen molar-refractivity contribution >= 4 is 37.8 Å². The van der Waals surface area contributed by atoms with Gasteiger partial charge in [0, 0.05) is 0 Å². The number of likely N-dealkylation sites (tertiary alicyclic amines) is 1. The summed E-state index contributed by atoms with van der Waals surface area (Å²) < 4.78 is 17.2. The van der Waals surface area contributed by atoms with Gasteiger partial charge in [0.25, 0.3) is 0 Å². The second-order valence-electron chi connectivity index (χ2n) is 9.77. The van der Waals surface area contributed by atoms with Crippen LogP contribution in [0, 0.1) is 10.1 Å². The fourth-order valence-corrected chi connectivity index (χ4v) is 7.44. The van der Waals surface area contributed by atoms with Crippen molar-refractivity contribution in [3.05, 3.63) is 57.6 Å². The van der Waals surface area contributed by atoms with Gasteiger partial charge in [0.2, 0.25) is 0 Å². The molecule has 3 rings (SSSR count). The number of rotatable bonds is 8. The van der Waals surface area contributed by atoms with Crippen LogP contribution in [0.3, 0.4) is 0 Å². The first kappa shape index (κ1) is 28.3. The molecular weight excluding hydrogens is 541 g/mol. The van der Waals surface area contributed by atoms with E-state index in [9.17, 15) is 19.7 Å². The summed E-state index contributed by atoms with van der Waals surface area (Å²) in [6.45, 7) is 6.92. The average molecular weight is 575 g/mol. The second-order valence-corrected chi connectivity index (χ2v) is 13.2. The molecule has 37 heavy (non-hydrogen) atoms. The van der Waals surface area contributed by atoms with Gasteiger partial charge in [-0.1, -0.05) is 0 Å². The zero-order valence-corrected chi connectivity index (χ0v) is 23.9. The first-order chi connectivity index (χ1) is 17.5. The Bertz CT molecular complexity index is 1150. The molecule has 1 saturated heterocycles. The summed E-state index contributed by atoms with van der Waals surface area (Å²) in [5, 5.41) is 14.3. The minimum atomic E-state index is -0.888. The van der Waals surface area contributed by atoms with Crippen molar-refractivity contribution in [3.8, 4) is 11.5 Å². The van der Waals surface area contributed by atoms with Crippen molar-refractivity contribution in [2.45, 2.75) is 50.5 Å². The molecule has 1 heterocycles. The molecule has 2 amide bonds. The summed E-state index contributed by atoms with van der Waals surface area (Å²) in [7, 11) is 3.08. The van der Waals surface area contributed by atoms with Crippen LogP contribution >= 0.6 is 0 Å². The number of benzene rings is 2. The fraction of sp³-hybridized carbons (Fsp3) is 0.462. The number of amides is 2. The van der Waals surface area contributed by atoms with E-state index in [-0.39, 0.29) is 28.9 Å². The number of nitro groups is 1. The third-order valence-corrected chi connectivity index (χ3v) is 9.20. The van der Waals surface area contributed by atoms with Crippen LogP contribution in [-0.4, -0.2) is 70.5 Å². The van der Waals surface area contributed by atoms with Gasteiger partial charge < -0.3 is 0 Å². The van der Waals surface area contributed by atoms with Crippen molar-refractivity contribution in [1.29, 1.82) is 0 Å². The summed E-state index contributed by atoms with van der Waals surface area (Å²) in [6.07, 6.45) is 1.45. The Kier molecular flexibility index (Phi) is 9.43. The monoisotopic (exact) mass is 575 g/mol. The van der Waals surface area contributed by atoms with Crippen molar-refractivity contribution in [3.63, 3.8) is 0 Å². The number of piperidine rings is 1. The molecule has 11 heteroatoms. The number of hydrogen-bond donors (Lipinski definition) is 1. The summed E-state index contributed by atoms with van der Waals surface area (Å²) in [6, 6.07) is 9.82. The molecule has 1 aliphatic heterocycles. The molecule has 0 aromatic heterocycles. The van der Waals surface area contributed by atoms with Crippen LogP contribution in [0.1, 0.15) is 49.5 Å². The van der Waals surface area contributed by atoms with Crippen molar-refractivity contribution in [2.75, 3.05) is 27.3 Å². The quantitative estimate of drug-likeness (QED) is 0.291. The summed E-state index contributed by atoms with van der Waals surface area (Å²) in [4.78, 5) is 38.4. The predicted octanol–water partition coefficient (Wildman–Crippen LogP) is 3.42. The van der Waals surface area contributed by atoms with Crippen LogP contribution in [-0.2, 0) is 11.3 Å². The van der Waals surface area contributed by atoms with Gasteiger partial charge in [-0.3, -0.25) is 0 Å². The Labute approximate surface area is 223 Å². The molecule has 0 spiro atoms. The van der Waals surface area contributed by atoms with Crippen molar-refractivity contribution < 1.29 is 28.7 Å². The molecule has 1 N–H and O–H groups in total. The van der Waals surface area contributed by atoms with E-state index in [0.717, 1.165) is 22.8 Å². The Balaban J connectivity index is 1.75. The molecule has 10 nitrogen and oxygen atoms in total.